The Morgan fingerprint density at radius 3 is 2.56 bits per heavy atom. The van der Waals surface area contributed by atoms with Gasteiger partial charge in [-0.1, -0.05) is 61.5 Å². The predicted octanol–water partition coefficient (Wildman–Crippen LogP) is 8.67. The molecule has 1 heterocycles. The lowest BCUT2D eigenvalue weighted by Crippen LogP contribution is -2.12. The number of carbonyl (C=O) groups is 2. The number of carboxylic acid groups (broad SMARTS) is 1. The third-order valence-corrected chi connectivity index (χ3v) is 7.75. The predicted molar refractivity (Wildman–Crippen MR) is 163 cm³/mol. The fourth-order valence-corrected chi connectivity index (χ4v) is 5.38. The lowest BCUT2D eigenvalue weighted by atomic mass is 10.0. The minimum atomic E-state index is -1.11. The summed E-state index contributed by atoms with van der Waals surface area (Å²) < 4.78 is 26.9. The Hall–Kier alpha value is -2.82. The molecule has 0 aliphatic carbocycles. The van der Waals surface area contributed by atoms with E-state index < -0.39 is 23.8 Å². The van der Waals surface area contributed by atoms with E-state index >= 15 is 4.39 Å². The smallest absolute Gasteiger partial charge is 0.331 e. The molecule has 1 aromatic heterocycles. The van der Waals surface area contributed by atoms with Crippen molar-refractivity contribution in [2.24, 2.45) is 0 Å². The first-order valence-electron chi connectivity index (χ1n) is 13.2. The van der Waals surface area contributed by atoms with Crippen molar-refractivity contribution in [1.29, 1.82) is 0 Å². The molecule has 0 fully saturated rings. The molecular formula is C30H33Cl2FN2O5S. The number of nitrogens with one attached hydrogen (secondary N) is 1. The molecule has 41 heavy (non-hydrogen) atoms. The van der Waals surface area contributed by atoms with Crippen LogP contribution in [-0.2, 0) is 14.3 Å². The van der Waals surface area contributed by atoms with Gasteiger partial charge in [-0.15, -0.1) is 11.3 Å². The van der Waals surface area contributed by atoms with Crippen molar-refractivity contribution < 1.29 is 28.6 Å². The second kappa shape index (κ2) is 16.0. The van der Waals surface area contributed by atoms with Gasteiger partial charge in [0, 0.05) is 60.0 Å². The van der Waals surface area contributed by atoms with E-state index in [9.17, 15) is 9.59 Å². The Kier molecular flexibility index (Phi) is 12.7. The molecule has 0 aliphatic heterocycles. The minimum absolute atomic E-state index is 0.0422. The molecule has 0 saturated carbocycles. The summed E-state index contributed by atoms with van der Waals surface area (Å²) in [6.07, 6.45) is 5.87. The van der Waals surface area contributed by atoms with E-state index in [2.05, 4.69) is 17.2 Å². The van der Waals surface area contributed by atoms with Crippen molar-refractivity contribution in [3.8, 4) is 11.3 Å². The van der Waals surface area contributed by atoms with Crippen LogP contribution in [0.15, 0.2) is 41.3 Å². The quantitative estimate of drug-likeness (QED) is 0.130. The van der Waals surface area contributed by atoms with Crippen LogP contribution in [0.5, 0.6) is 0 Å². The zero-order valence-electron chi connectivity index (χ0n) is 23.1. The molecule has 3 rings (SSSR count). The summed E-state index contributed by atoms with van der Waals surface area (Å²) in [5.74, 6) is -2.08. The number of carboxylic acids is 1. The number of hydrogen-bond donors (Lipinski definition) is 2. The van der Waals surface area contributed by atoms with Crippen LogP contribution >= 0.6 is 34.5 Å². The van der Waals surface area contributed by atoms with Gasteiger partial charge in [-0.2, -0.15) is 0 Å². The fraction of sp³-hybridized carbons (Fsp3) is 0.367. The van der Waals surface area contributed by atoms with Crippen molar-refractivity contribution in [3.05, 3.63) is 73.8 Å². The van der Waals surface area contributed by atoms with E-state index in [1.54, 1.807) is 30.7 Å². The highest BCUT2D eigenvalue weighted by Crippen LogP contribution is 2.33. The topological polar surface area (TPSA) is 97.8 Å². The number of rotatable bonds is 15. The number of nitrogens with zero attached hydrogens (tertiary/aromatic N) is 1. The molecular weight excluding hydrogens is 590 g/mol. The maximum Gasteiger partial charge on any atom is 0.331 e. The van der Waals surface area contributed by atoms with Crippen LogP contribution in [0.25, 0.3) is 17.3 Å². The fourth-order valence-electron chi connectivity index (χ4n) is 4.08. The number of carbonyl (C=O) groups excluding carboxylic acids is 1. The number of ether oxygens (including phenoxy) is 2. The van der Waals surface area contributed by atoms with Crippen molar-refractivity contribution in [3.63, 3.8) is 0 Å². The minimum Gasteiger partial charge on any atom is -0.478 e. The number of aromatic nitrogens is 1. The van der Waals surface area contributed by atoms with E-state index in [-0.39, 0.29) is 31.9 Å². The molecule has 1 amide bonds. The molecule has 7 nitrogen and oxygen atoms in total. The van der Waals surface area contributed by atoms with Gasteiger partial charge >= 0.3 is 5.97 Å². The van der Waals surface area contributed by atoms with Crippen molar-refractivity contribution in [2.45, 2.75) is 52.1 Å². The first kappa shape index (κ1) is 32.7. The molecule has 1 unspecified atom stereocenters. The SMILES string of the molecule is CCCCCCOCCC(OC)c1cccc(-c2csc(NC(=O)c3cc(Cl)c(C=C(C)C(=O)O)c(Cl)c3)n2)c1F. The monoisotopic (exact) mass is 622 g/mol. The molecule has 0 radical (unpaired) electrons. The number of methoxy groups -OCH3 is 1. The normalized spacial score (nSPS) is 12.4. The summed E-state index contributed by atoms with van der Waals surface area (Å²) in [7, 11) is 1.54. The van der Waals surface area contributed by atoms with Crippen LogP contribution < -0.4 is 5.32 Å². The third-order valence-electron chi connectivity index (χ3n) is 6.37. The first-order chi connectivity index (χ1) is 19.7. The van der Waals surface area contributed by atoms with Crippen LogP contribution in [0.2, 0.25) is 10.0 Å². The number of hydrogen-bond acceptors (Lipinski definition) is 6. The molecule has 1 atom stereocenters. The molecule has 0 saturated heterocycles. The van der Waals surface area contributed by atoms with Gasteiger partial charge in [0.05, 0.1) is 21.8 Å². The number of unbranched alkanes of at least 4 members (excludes halogenated alkanes) is 3. The van der Waals surface area contributed by atoms with Crippen molar-refractivity contribution >= 4 is 57.6 Å². The number of thiazole rings is 1. The van der Waals surface area contributed by atoms with Crippen LogP contribution in [-0.4, -0.2) is 42.3 Å². The number of anilines is 1. The van der Waals surface area contributed by atoms with Gasteiger partial charge in [-0.05, 0) is 37.6 Å². The highest BCUT2D eigenvalue weighted by Gasteiger charge is 2.21. The Balaban J connectivity index is 1.70. The highest BCUT2D eigenvalue weighted by atomic mass is 35.5. The third kappa shape index (κ3) is 9.08. The molecule has 3 aromatic rings. The van der Waals surface area contributed by atoms with Gasteiger partial charge in [0.15, 0.2) is 5.13 Å². The standard InChI is InChI=1S/C30H33Cl2FN2O5S/c1-4-5-6-7-12-40-13-11-26(39-3)21-10-8-9-20(27(21)33)25-17-41-30(34-25)35-28(36)19-15-23(31)22(24(32)16-19)14-18(2)29(37)38/h8-10,14-17,26H,4-7,11-13H2,1-3H3,(H,37,38)(H,34,35,36). The maximum atomic E-state index is 15.6. The summed E-state index contributed by atoms with van der Waals surface area (Å²) in [4.78, 5) is 28.4. The van der Waals surface area contributed by atoms with E-state index in [1.807, 2.05) is 0 Å². The van der Waals surface area contributed by atoms with Crippen molar-refractivity contribution in [1.82, 2.24) is 4.98 Å². The van der Waals surface area contributed by atoms with Crippen LogP contribution in [0.1, 0.15) is 73.5 Å². The highest BCUT2D eigenvalue weighted by molar-refractivity contribution is 7.14. The molecule has 0 aliphatic rings. The average Bonchev–Trinajstić information content (AvgIpc) is 3.40. The van der Waals surface area contributed by atoms with Crippen LogP contribution in [0, 0.1) is 5.82 Å². The Labute approximate surface area is 253 Å². The first-order valence-corrected chi connectivity index (χ1v) is 14.9. The average molecular weight is 624 g/mol. The number of benzene rings is 2. The summed E-state index contributed by atoms with van der Waals surface area (Å²) in [5, 5.41) is 13.9. The van der Waals surface area contributed by atoms with Gasteiger partial charge in [0.25, 0.3) is 5.91 Å². The number of aliphatic carboxylic acids is 1. The largest absolute Gasteiger partial charge is 0.478 e. The second-order valence-electron chi connectivity index (χ2n) is 9.37. The van der Waals surface area contributed by atoms with E-state index in [0.29, 0.717) is 36.5 Å². The zero-order valence-corrected chi connectivity index (χ0v) is 25.5. The van der Waals surface area contributed by atoms with Gasteiger partial charge < -0.3 is 14.6 Å². The van der Waals surface area contributed by atoms with E-state index in [4.69, 9.17) is 37.8 Å². The van der Waals surface area contributed by atoms with E-state index in [1.165, 1.54) is 38.0 Å². The second-order valence-corrected chi connectivity index (χ2v) is 11.0. The molecule has 0 bridgehead atoms. The van der Waals surface area contributed by atoms with Crippen molar-refractivity contribution in [2.75, 3.05) is 25.6 Å². The Morgan fingerprint density at radius 1 is 1.17 bits per heavy atom. The molecule has 2 N–H and O–H groups in total. The van der Waals surface area contributed by atoms with Crippen LogP contribution in [0.3, 0.4) is 0 Å². The molecule has 220 valence electrons. The number of amides is 1. The van der Waals surface area contributed by atoms with Crippen LogP contribution in [0.4, 0.5) is 9.52 Å². The summed E-state index contributed by atoms with van der Waals surface area (Å²) in [6.45, 7) is 4.71. The maximum absolute atomic E-state index is 15.6. The lowest BCUT2D eigenvalue weighted by Gasteiger charge is -2.18. The molecule has 2 aromatic carbocycles. The molecule has 0 spiro atoms. The summed E-state index contributed by atoms with van der Waals surface area (Å²) in [6, 6.07) is 7.84. The van der Waals surface area contributed by atoms with Gasteiger partial charge in [-0.3, -0.25) is 10.1 Å². The Morgan fingerprint density at radius 2 is 1.90 bits per heavy atom. The van der Waals surface area contributed by atoms with Gasteiger partial charge in [0.1, 0.15) is 5.82 Å². The van der Waals surface area contributed by atoms with Gasteiger partial charge in [-0.25, -0.2) is 14.2 Å². The van der Waals surface area contributed by atoms with E-state index in [0.717, 1.165) is 24.2 Å². The summed E-state index contributed by atoms with van der Waals surface area (Å²) >= 11 is 13.7. The molecule has 11 heteroatoms. The lowest BCUT2D eigenvalue weighted by molar-refractivity contribution is -0.132. The summed E-state index contributed by atoms with van der Waals surface area (Å²) in [5.41, 5.74) is 1.57. The van der Waals surface area contributed by atoms with Gasteiger partial charge in [0.2, 0.25) is 0 Å². The Bertz CT molecular complexity index is 1370. The zero-order chi connectivity index (χ0) is 29.9. The number of halogens is 3.